The molecular formula is C10H15NO2S. The molecule has 0 aliphatic rings. The molecule has 0 aliphatic carbocycles. The molecule has 0 saturated carbocycles. The predicted molar refractivity (Wildman–Crippen MR) is 57.6 cm³/mol. The predicted octanol–water partition coefficient (Wildman–Crippen LogP) is 2.26. The van der Waals surface area contributed by atoms with Gasteiger partial charge >= 0.3 is 5.97 Å². The number of carbonyl (C=O) groups is 1. The first-order valence-corrected chi connectivity index (χ1v) is 5.56. The molecule has 0 aliphatic heterocycles. The van der Waals surface area contributed by atoms with Crippen molar-refractivity contribution in [2.45, 2.75) is 25.8 Å². The van der Waals surface area contributed by atoms with Crippen molar-refractivity contribution in [1.29, 1.82) is 0 Å². The zero-order valence-electron chi connectivity index (χ0n) is 8.19. The summed E-state index contributed by atoms with van der Waals surface area (Å²) in [5, 5.41) is 13.8. The Bertz CT molecular complexity index is 272. The molecule has 1 rings (SSSR count). The van der Waals surface area contributed by atoms with Crippen LogP contribution in [0, 0.1) is 0 Å². The van der Waals surface area contributed by atoms with Crippen LogP contribution in [0.25, 0.3) is 0 Å². The first kappa shape index (κ1) is 11.2. The Balaban J connectivity index is 2.16. The fourth-order valence-electron chi connectivity index (χ4n) is 1.20. The Kier molecular flexibility index (Phi) is 4.62. The standard InChI is InChI=1S/C10H15NO2S/c1-8(9-4-3-7-14-9)11-6-2-5-10(12)13/h3-4,7-8,11H,2,5-6H2,1H3,(H,12,13)/t8-/m1/s1. The Morgan fingerprint density at radius 1 is 1.71 bits per heavy atom. The van der Waals surface area contributed by atoms with Crippen LogP contribution in [0.1, 0.15) is 30.7 Å². The van der Waals surface area contributed by atoms with Crippen LogP contribution in [0.2, 0.25) is 0 Å². The number of rotatable bonds is 6. The Morgan fingerprint density at radius 3 is 3.07 bits per heavy atom. The van der Waals surface area contributed by atoms with Crippen LogP contribution in [0.15, 0.2) is 17.5 Å². The van der Waals surface area contributed by atoms with Crippen molar-refractivity contribution in [2.24, 2.45) is 0 Å². The van der Waals surface area contributed by atoms with Gasteiger partial charge in [0.2, 0.25) is 0 Å². The number of carboxylic acids is 1. The SMILES string of the molecule is C[C@@H](NCCCC(=O)O)c1cccs1. The molecule has 78 valence electrons. The second kappa shape index (κ2) is 5.78. The van der Waals surface area contributed by atoms with Gasteiger partial charge in [0.05, 0.1) is 0 Å². The molecule has 3 nitrogen and oxygen atoms in total. The molecule has 1 aromatic rings. The van der Waals surface area contributed by atoms with Crippen molar-refractivity contribution < 1.29 is 9.90 Å². The molecule has 2 N–H and O–H groups in total. The number of thiophene rings is 1. The fraction of sp³-hybridized carbons (Fsp3) is 0.500. The van der Waals surface area contributed by atoms with Gasteiger partial charge in [-0.15, -0.1) is 11.3 Å². The number of nitrogens with one attached hydrogen (secondary N) is 1. The van der Waals surface area contributed by atoms with Gasteiger partial charge < -0.3 is 10.4 Å². The summed E-state index contributed by atoms with van der Waals surface area (Å²) in [6.07, 6.45) is 0.926. The molecule has 1 atom stereocenters. The smallest absolute Gasteiger partial charge is 0.303 e. The molecular weight excluding hydrogens is 198 g/mol. The van der Waals surface area contributed by atoms with Gasteiger partial charge in [0.15, 0.2) is 0 Å². The van der Waals surface area contributed by atoms with E-state index in [-0.39, 0.29) is 6.42 Å². The minimum atomic E-state index is -0.726. The lowest BCUT2D eigenvalue weighted by molar-refractivity contribution is -0.137. The van der Waals surface area contributed by atoms with E-state index in [1.165, 1.54) is 4.88 Å². The van der Waals surface area contributed by atoms with E-state index in [1.54, 1.807) is 11.3 Å². The summed E-state index contributed by atoms with van der Waals surface area (Å²) in [5.41, 5.74) is 0. The van der Waals surface area contributed by atoms with E-state index in [9.17, 15) is 4.79 Å². The first-order valence-electron chi connectivity index (χ1n) is 4.68. The Labute approximate surface area is 87.8 Å². The van der Waals surface area contributed by atoms with Crippen LogP contribution in [-0.4, -0.2) is 17.6 Å². The summed E-state index contributed by atoms with van der Waals surface area (Å²) in [7, 11) is 0. The molecule has 0 spiro atoms. The first-order chi connectivity index (χ1) is 6.70. The summed E-state index contributed by atoms with van der Waals surface area (Å²) in [6, 6.07) is 4.43. The van der Waals surface area contributed by atoms with E-state index in [0.29, 0.717) is 12.5 Å². The van der Waals surface area contributed by atoms with Gasteiger partial charge in [0.25, 0.3) is 0 Å². The largest absolute Gasteiger partial charge is 0.481 e. The molecule has 0 unspecified atom stereocenters. The van der Waals surface area contributed by atoms with Crippen LogP contribution in [0.4, 0.5) is 0 Å². The second-order valence-corrected chi connectivity index (χ2v) is 4.17. The summed E-state index contributed by atoms with van der Waals surface area (Å²) in [6.45, 7) is 2.85. The maximum atomic E-state index is 10.2. The molecule has 4 heteroatoms. The Morgan fingerprint density at radius 2 is 2.50 bits per heavy atom. The minimum Gasteiger partial charge on any atom is -0.481 e. The molecule has 0 bridgehead atoms. The fourth-order valence-corrected chi connectivity index (χ4v) is 1.96. The average Bonchev–Trinajstić information content (AvgIpc) is 2.64. The van der Waals surface area contributed by atoms with Crippen LogP contribution in [-0.2, 0) is 4.79 Å². The molecule has 0 aromatic carbocycles. The third-order valence-electron chi connectivity index (χ3n) is 1.99. The van der Waals surface area contributed by atoms with Crippen molar-refractivity contribution >= 4 is 17.3 Å². The Hall–Kier alpha value is -0.870. The zero-order chi connectivity index (χ0) is 10.4. The summed E-state index contributed by atoms with van der Waals surface area (Å²) >= 11 is 1.72. The lowest BCUT2D eigenvalue weighted by atomic mass is 10.2. The van der Waals surface area contributed by atoms with Gasteiger partial charge in [0, 0.05) is 17.3 Å². The van der Waals surface area contributed by atoms with Gasteiger partial charge in [-0.3, -0.25) is 4.79 Å². The highest BCUT2D eigenvalue weighted by Gasteiger charge is 2.04. The van der Waals surface area contributed by atoms with E-state index in [0.717, 1.165) is 6.54 Å². The van der Waals surface area contributed by atoms with E-state index >= 15 is 0 Å². The van der Waals surface area contributed by atoms with Crippen molar-refractivity contribution in [3.8, 4) is 0 Å². The third kappa shape index (κ3) is 3.89. The van der Waals surface area contributed by atoms with E-state index in [1.807, 2.05) is 11.4 Å². The van der Waals surface area contributed by atoms with Gasteiger partial charge in [0.1, 0.15) is 0 Å². The number of hydrogen-bond acceptors (Lipinski definition) is 3. The minimum absolute atomic E-state index is 0.240. The summed E-state index contributed by atoms with van der Waals surface area (Å²) in [4.78, 5) is 11.5. The zero-order valence-corrected chi connectivity index (χ0v) is 9.01. The van der Waals surface area contributed by atoms with Crippen molar-refractivity contribution in [2.75, 3.05) is 6.54 Å². The number of hydrogen-bond donors (Lipinski definition) is 2. The summed E-state index contributed by atoms with van der Waals surface area (Å²) < 4.78 is 0. The van der Waals surface area contributed by atoms with Crippen LogP contribution >= 0.6 is 11.3 Å². The highest BCUT2D eigenvalue weighted by Crippen LogP contribution is 2.17. The van der Waals surface area contributed by atoms with E-state index in [2.05, 4.69) is 18.3 Å². The van der Waals surface area contributed by atoms with Crippen molar-refractivity contribution in [3.05, 3.63) is 22.4 Å². The molecule has 1 heterocycles. The van der Waals surface area contributed by atoms with E-state index in [4.69, 9.17) is 5.11 Å². The van der Waals surface area contributed by atoms with Crippen molar-refractivity contribution in [1.82, 2.24) is 5.32 Å². The molecule has 1 aromatic heterocycles. The lowest BCUT2D eigenvalue weighted by Gasteiger charge is -2.10. The van der Waals surface area contributed by atoms with Gasteiger partial charge in [-0.1, -0.05) is 6.07 Å². The third-order valence-corrected chi connectivity index (χ3v) is 3.04. The van der Waals surface area contributed by atoms with Crippen molar-refractivity contribution in [3.63, 3.8) is 0 Å². The topological polar surface area (TPSA) is 49.3 Å². The molecule has 0 fully saturated rings. The second-order valence-electron chi connectivity index (χ2n) is 3.19. The monoisotopic (exact) mass is 213 g/mol. The lowest BCUT2D eigenvalue weighted by Crippen LogP contribution is -2.19. The highest BCUT2D eigenvalue weighted by atomic mass is 32.1. The quantitative estimate of drug-likeness (QED) is 0.713. The number of carboxylic acid groups (broad SMARTS) is 1. The molecule has 0 amide bonds. The van der Waals surface area contributed by atoms with Gasteiger partial charge in [-0.25, -0.2) is 0 Å². The molecule has 14 heavy (non-hydrogen) atoms. The van der Waals surface area contributed by atoms with E-state index < -0.39 is 5.97 Å². The maximum Gasteiger partial charge on any atom is 0.303 e. The maximum absolute atomic E-state index is 10.2. The summed E-state index contributed by atoms with van der Waals surface area (Å²) in [5.74, 6) is -0.726. The van der Waals surface area contributed by atoms with Crippen LogP contribution < -0.4 is 5.32 Å². The van der Waals surface area contributed by atoms with Crippen LogP contribution in [0.5, 0.6) is 0 Å². The van der Waals surface area contributed by atoms with Gasteiger partial charge in [-0.2, -0.15) is 0 Å². The van der Waals surface area contributed by atoms with Crippen LogP contribution in [0.3, 0.4) is 0 Å². The molecule has 0 saturated heterocycles. The van der Waals surface area contributed by atoms with Gasteiger partial charge in [-0.05, 0) is 31.3 Å². The average molecular weight is 213 g/mol. The molecule has 0 radical (unpaired) electrons. The number of aliphatic carboxylic acids is 1. The highest BCUT2D eigenvalue weighted by molar-refractivity contribution is 7.10. The normalized spacial score (nSPS) is 12.6.